The average Bonchev–Trinajstić information content (AvgIpc) is 2.64. The van der Waals surface area contributed by atoms with E-state index in [-0.39, 0.29) is 5.54 Å². The van der Waals surface area contributed by atoms with E-state index in [9.17, 15) is 0 Å². The summed E-state index contributed by atoms with van der Waals surface area (Å²) in [6, 6.07) is 8.59. The van der Waals surface area contributed by atoms with E-state index < -0.39 is 0 Å². The van der Waals surface area contributed by atoms with Crippen molar-refractivity contribution in [3.8, 4) is 0 Å². The van der Waals surface area contributed by atoms with Crippen LogP contribution < -0.4 is 11.1 Å². The average molecular weight is 218 g/mol. The van der Waals surface area contributed by atoms with Gasteiger partial charge in [0.25, 0.3) is 0 Å². The van der Waals surface area contributed by atoms with Crippen LogP contribution >= 0.6 is 0 Å². The molecule has 1 aromatic carbocycles. The molecule has 2 rings (SSSR count). The van der Waals surface area contributed by atoms with Crippen LogP contribution in [0.25, 0.3) is 0 Å². The number of nitrogens with two attached hydrogens (primary N) is 1. The second-order valence-corrected chi connectivity index (χ2v) is 5.14. The minimum absolute atomic E-state index is 0.120. The molecule has 1 aliphatic carbocycles. The Kier molecular flexibility index (Phi) is 3.20. The molecule has 0 aliphatic heterocycles. The molecule has 16 heavy (non-hydrogen) atoms. The fourth-order valence-corrected chi connectivity index (χ4v) is 2.71. The summed E-state index contributed by atoms with van der Waals surface area (Å²) in [6.45, 7) is 5.14. The van der Waals surface area contributed by atoms with Gasteiger partial charge in [-0.2, -0.15) is 0 Å². The van der Waals surface area contributed by atoms with Crippen molar-refractivity contribution in [2.45, 2.75) is 38.6 Å². The van der Waals surface area contributed by atoms with Crippen LogP contribution in [-0.4, -0.2) is 12.1 Å². The summed E-state index contributed by atoms with van der Waals surface area (Å²) in [5, 5.41) is 3.66. The predicted octanol–water partition coefficient (Wildman–Crippen LogP) is 2.92. The van der Waals surface area contributed by atoms with Gasteiger partial charge < -0.3 is 11.1 Å². The Morgan fingerprint density at radius 1 is 1.38 bits per heavy atom. The smallest absolute Gasteiger partial charge is 0.0521 e. The van der Waals surface area contributed by atoms with Gasteiger partial charge in [-0.05, 0) is 37.8 Å². The number of nitrogens with one attached hydrogen (secondary N) is 1. The first kappa shape index (κ1) is 11.5. The van der Waals surface area contributed by atoms with Crippen molar-refractivity contribution in [1.29, 1.82) is 0 Å². The zero-order valence-corrected chi connectivity index (χ0v) is 10.3. The summed E-state index contributed by atoms with van der Waals surface area (Å²) in [7, 11) is 0. The third kappa shape index (κ3) is 2.07. The monoisotopic (exact) mass is 218 g/mol. The zero-order valence-electron chi connectivity index (χ0n) is 10.3. The lowest BCUT2D eigenvalue weighted by atomic mass is 9.88. The van der Waals surface area contributed by atoms with Crippen LogP contribution in [0.2, 0.25) is 0 Å². The molecule has 0 radical (unpaired) electrons. The number of hydrogen-bond acceptors (Lipinski definition) is 2. The SMILES string of the molecule is Cc1ccc(NC2(CN)CCCC2C)cc1. The van der Waals surface area contributed by atoms with Gasteiger partial charge in [-0.15, -0.1) is 0 Å². The van der Waals surface area contributed by atoms with Crippen LogP contribution in [0.1, 0.15) is 31.7 Å². The molecule has 2 heteroatoms. The number of benzene rings is 1. The van der Waals surface area contributed by atoms with E-state index in [0.717, 1.165) is 6.54 Å². The topological polar surface area (TPSA) is 38.0 Å². The van der Waals surface area contributed by atoms with Gasteiger partial charge in [0.1, 0.15) is 0 Å². The van der Waals surface area contributed by atoms with Gasteiger partial charge in [0.2, 0.25) is 0 Å². The second kappa shape index (κ2) is 4.46. The summed E-state index contributed by atoms with van der Waals surface area (Å²) < 4.78 is 0. The highest BCUT2D eigenvalue weighted by molar-refractivity contribution is 5.47. The molecule has 0 saturated heterocycles. The number of hydrogen-bond donors (Lipinski definition) is 2. The van der Waals surface area contributed by atoms with E-state index in [1.54, 1.807) is 0 Å². The Morgan fingerprint density at radius 2 is 2.06 bits per heavy atom. The summed E-state index contributed by atoms with van der Waals surface area (Å²) in [5.41, 5.74) is 8.59. The maximum Gasteiger partial charge on any atom is 0.0521 e. The molecular formula is C14H22N2. The van der Waals surface area contributed by atoms with Crippen LogP contribution in [0.4, 0.5) is 5.69 Å². The van der Waals surface area contributed by atoms with Gasteiger partial charge in [0.05, 0.1) is 5.54 Å². The maximum absolute atomic E-state index is 5.97. The first-order valence-corrected chi connectivity index (χ1v) is 6.21. The lowest BCUT2D eigenvalue weighted by Crippen LogP contribution is -2.47. The van der Waals surface area contributed by atoms with Gasteiger partial charge in [-0.1, -0.05) is 31.0 Å². The molecule has 0 amide bonds. The van der Waals surface area contributed by atoms with Crippen molar-refractivity contribution >= 4 is 5.69 Å². The standard InChI is InChI=1S/C14H22N2/c1-11-5-7-13(8-6-11)16-14(10-15)9-3-4-12(14)2/h5-8,12,16H,3-4,9-10,15H2,1-2H3. The number of anilines is 1. The third-order valence-corrected chi connectivity index (χ3v) is 4.01. The molecule has 3 N–H and O–H groups in total. The van der Waals surface area contributed by atoms with Crippen LogP contribution in [0, 0.1) is 12.8 Å². The first-order chi connectivity index (χ1) is 7.66. The highest BCUT2D eigenvalue weighted by atomic mass is 15.0. The lowest BCUT2D eigenvalue weighted by Gasteiger charge is -2.34. The van der Waals surface area contributed by atoms with Crippen molar-refractivity contribution in [2.24, 2.45) is 11.7 Å². The Bertz CT molecular complexity index is 344. The minimum atomic E-state index is 0.120. The molecular weight excluding hydrogens is 196 g/mol. The number of rotatable bonds is 3. The predicted molar refractivity (Wildman–Crippen MR) is 69.6 cm³/mol. The normalized spacial score (nSPS) is 29.3. The van der Waals surface area contributed by atoms with Gasteiger partial charge in [0.15, 0.2) is 0 Å². The van der Waals surface area contributed by atoms with Crippen molar-refractivity contribution < 1.29 is 0 Å². The quantitative estimate of drug-likeness (QED) is 0.818. The highest BCUT2D eigenvalue weighted by Crippen LogP contribution is 2.37. The van der Waals surface area contributed by atoms with Crippen LogP contribution in [0.3, 0.4) is 0 Å². The minimum Gasteiger partial charge on any atom is -0.378 e. The van der Waals surface area contributed by atoms with Crippen molar-refractivity contribution in [1.82, 2.24) is 0 Å². The number of aryl methyl sites for hydroxylation is 1. The van der Waals surface area contributed by atoms with Gasteiger partial charge in [0, 0.05) is 12.2 Å². The van der Waals surface area contributed by atoms with E-state index >= 15 is 0 Å². The van der Waals surface area contributed by atoms with E-state index in [1.807, 2.05) is 0 Å². The molecule has 0 bridgehead atoms. The molecule has 1 saturated carbocycles. The second-order valence-electron chi connectivity index (χ2n) is 5.14. The molecule has 0 aromatic heterocycles. The molecule has 2 nitrogen and oxygen atoms in total. The Labute approximate surface area is 98.2 Å². The van der Waals surface area contributed by atoms with Crippen molar-refractivity contribution in [3.63, 3.8) is 0 Å². The molecule has 2 unspecified atom stereocenters. The zero-order chi connectivity index (χ0) is 11.6. The fraction of sp³-hybridized carbons (Fsp3) is 0.571. The summed E-state index contributed by atoms with van der Waals surface area (Å²) in [4.78, 5) is 0. The highest BCUT2D eigenvalue weighted by Gasteiger charge is 2.38. The molecule has 1 aliphatic rings. The molecule has 0 spiro atoms. The van der Waals surface area contributed by atoms with E-state index in [2.05, 4.69) is 43.4 Å². The van der Waals surface area contributed by atoms with Gasteiger partial charge in [-0.3, -0.25) is 0 Å². The van der Waals surface area contributed by atoms with Crippen molar-refractivity contribution in [2.75, 3.05) is 11.9 Å². The van der Waals surface area contributed by atoms with Crippen LogP contribution in [-0.2, 0) is 0 Å². The Morgan fingerprint density at radius 3 is 2.56 bits per heavy atom. The molecule has 2 atom stereocenters. The van der Waals surface area contributed by atoms with Gasteiger partial charge >= 0.3 is 0 Å². The third-order valence-electron chi connectivity index (χ3n) is 4.01. The molecule has 1 aromatic rings. The summed E-state index contributed by atoms with van der Waals surface area (Å²) >= 11 is 0. The van der Waals surface area contributed by atoms with Crippen LogP contribution in [0.5, 0.6) is 0 Å². The summed E-state index contributed by atoms with van der Waals surface area (Å²) in [6.07, 6.45) is 3.77. The molecule has 0 heterocycles. The Balaban J connectivity index is 2.15. The lowest BCUT2D eigenvalue weighted by molar-refractivity contribution is 0.382. The van der Waals surface area contributed by atoms with E-state index in [4.69, 9.17) is 5.73 Å². The molecule has 1 fully saturated rings. The van der Waals surface area contributed by atoms with Gasteiger partial charge in [-0.25, -0.2) is 0 Å². The Hall–Kier alpha value is -1.02. The maximum atomic E-state index is 5.97. The summed E-state index contributed by atoms with van der Waals surface area (Å²) in [5.74, 6) is 0.666. The van der Waals surface area contributed by atoms with E-state index in [1.165, 1.54) is 30.5 Å². The van der Waals surface area contributed by atoms with Crippen LogP contribution in [0.15, 0.2) is 24.3 Å². The largest absolute Gasteiger partial charge is 0.378 e. The van der Waals surface area contributed by atoms with E-state index in [0.29, 0.717) is 5.92 Å². The molecule has 88 valence electrons. The van der Waals surface area contributed by atoms with Crippen molar-refractivity contribution in [3.05, 3.63) is 29.8 Å². The first-order valence-electron chi connectivity index (χ1n) is 6.21. The fourth-order valence-electron chi connectivity index (χ4n) is 2.71.